The van der Waals surface area contributed by atoms with E-state index in [9.17, 15) is 12.8 Å². The van der Waals surface area contributed by atoms with Gasteiger partial charge < -0.3 is 4.74 Å². The average molecular weight is 357 g/mol. The average Bonchev–Trinajstić information content (AvgIpc) is 2.62. The van der Waals surface area contributed by atoms with Gasteiger partial charge in [0.05, 0.1) is 13.2 Å². The predicted molar refractivity (Wildman–Crippen MR) is 89.3 cm³/mol. The maximum absolute atomic E-state index is 13.1. The molecule has 3 rings (SSSR count). The molecule has 0 radical (unpaired) electrons. The van der Waals surface area contributed by atoms with Gasteiger partial charge >= 0.3 is 0 Å². The zero-order chi connectivity index (χ0) is 17.2. The first-order valence-corrected chi connectivity index (χ1v) is 9.70. The molecule has 2 saturated heterocycles. The zero-order valence-corrected chi connectivity index (χ0v) is 14.7. The number of rotatable bonds is 4. The van der Waals surface area contributed by atoms with Gasteiger partial charge in [0.1, 0.15) is 5.82 Å². The molecule has 0 aliphatic carbocycles. The Kier molecular flexibility index (Phi) is 5.51. The van der Waals surface area contributed by atoms with Crippen molar-refractivity contribution >= 4 is 10.2 Å². The molecule has 0 aromatic heterocycles. The van der Waals surface area contributed by atoms with Crippen molar-refractivity contribution in [2.24, 2.45) is 0 Å². The predicted octanol–water partition coefficient (Wildman–Crippen LogP) is 1.08. The van der Waals surface area contributed by atoms with E-state index in [1.54, 1.807) is 16.4 Å². The maximum Gasteiger partial charge on any atom is 0.282 e. The summed E-state index contributed by atoms with van der Waals surface area (Å²) in [5.41, 5.74) is 1.04. The number of piperazine rings is 1. The van der Waals surface area contributed by atoms with E-state index in [1.807, 2.05) is 0 Å². The summed E-state index contributed by atoms with van der Waals surface area (Å²) in [4.78, 5) is 2.23. The molecule has 0 amide bonds. The third kappa shape index (κ3) is 3.78. The fraction of sp³-hybridized carbons (Fsp3) is 0.625. The lowest BCUT2D eigenvalue weighted by molar-refractivity contribution is 0.0675. The molecule has 0 saturated carbocycles. The zero-order valence-electron chi connectivity index (χ0n) is 13.9. The van der Waals surface area contributed by atoms with Gasteiger partial charge in [0.15, 0.2) is 0 Å². The van der Waals surface area contributed by atoms with Gasteiger partial charge in [-0.2, -0.15) is 17.0 Å². The molecule has 8 heteroatoms. The summed E-state index contributed by atoms with van der Waals surface area (Å²) >= 11 is 0. The molecule has 2 aliphatic rings. The third-order valence-corrected chi connectivity index (χ3v) is 6.83. The van der Waals surface area contributed by atoms with E-state index in [1.165, 1.54) is 16.4 Å². The minimum absolute atomic E-state index is 0.138. The molecule has 2 aliphatic heterocycles. The van der Waals surface area contributed by atoms with Crippen LogP contribution in [0.1, 0.15) is 18.5 Å². The van der Waals surface area contributed by atoms with E-state index in [0.717, 1.165) is 5.56 Å². The Hall–Kier alpha value is -1.06. The van der Waals surface area contributed by atoms with Gasteiger partial charge in [-0.3, -0.25) is 4.90 Å². The number of benzene rings is 1. The van der Waals surface area contributed by atoms with Gasteiger partial charge in [-0.05, 0) is 24.6 Å². The van der Waals surface area contributed by atoms with Crippen molar-refractivity contribution in [3.05, 3.63) is 35.6 Å². The Bertz CT molecular complexity index is 639. The van der Waals surface area contributed by atoms with Crippen LogP contribution in [0.2, 0.25) is 0 Å². The summed E-state index contributed by atoms with van der Waals surface area (Å²) in [6, 6.07) is 6.64. The van der Waals surface area contributed by atoms with Gasteiger partial charge in [0.25, 0.3) is 10.2 Å². The summed E-state index contributed by atoms with van der Waals surface area (Å²) in [7, 11) is -3.39. The number of ether oxygens (including phenoxy) is 1. The number of hydrogen-bond donors (Lipinski definition) is 0. The van der Waals surface area contributed by atoms with Crippen LogP contribution in [0.4, 0.5) is 4.39 Å². The van der Waals surface area contributed by atoms with Crippen molar-refractivity contribution in [2.75, 3.05) is 52.5 Å². The van der Waals surface area contributed by atoms with Crippen LogP contribution in [0, 0.1) is 5.82 Å². The Balaban J connectivity index is 1.59. The lowest BCUT2D eigenvalue weighted by Gasteiger charge is -2.39. The van der Waals surface area contributed by atoms with Crippen LogP contribution in [0.15, 0.2) is 24.3 Å². The quantitative estimate of drug-likeness (QED) is 0.809. The second-order valence-electron chi connectivity index (χ2n) is 6.18. The lowest BCUT2D eigenvalue weighted by atomic mass is 10.1. The van der Waals surface area contributed by atoms with Gasteiger partial charge in [0.2, 0.25) is 0 Å². The third-order valence-electron chi connectivity index (χ3n) is 4.80. The van der Waals surface area contributed by atoms with E-state index in [2.05, 4.69) is 11.8 Å². The second kappa shape index (κ2) is 7.45. The van der Waals surface area contributed by atoms with Gasteiger partial charge in [-0.1, -0.05) is 12.1 Å². The van der Waals surface area contributed by atoms with E-state index in [4.69, 9.17) is 4.74 Å². The van der Waals surface area contributed by atoms with Crippen molar-refractivity contribution in [3.63, 3.8) is 0 Å². The Morgan fingerprint density at radius 1 is 0.958 bits per heavy atom. The molecular weight excluding hydrogens is 333 g/mol. The van der Waals surface area contributed by atoms with Gasteiger partial charge in [0, 0.05) is 45.3 Å². The lowest BCUT2D eigenvalue weighted by Crippen LogP contribution is -2.55. The minimum atomic E-state index is -3.39. The first-order valence-electron chi connectivity index (χ1n) is 8.31. The number of morpholine rings is 1. The van der Waals surface area contributed by atoms with Crippen molar-refractivity contribution in [1.82, 2.24) is 13.5 Å². The molecule has 0 spiro atoms. The van der Waals surface area contributed by atoms with Crippen LogP contribution in [-0.2, 0) is 14.9 Å². The fourth-order valence-electron chi connectivity index (χ4n) is 3.21. The van der Waals surface area contributed by atoms with E-state index in [-0.39, 0.29) is 11.9 Å². The first kappa shape index (κ1) is 17.8. The Morgan fingerprint density at radius 2 is 1.50 bits per heavy atom. The summed E-state index contributed by atoms with van der Waals surface area (Å²) in [6.07, 6.45) is 0. The van der Waals surface area contributed by atoms with Crippen LogP contribution in [0.5, 0.6) is 0 Å². The standard InChI is InChI=1S/C16H24FN3O3S/c1-14(15-2-4-16(17)5-3-15)18-6-8-19(9-7-18)24(21,22)20-10-12-23-13-11-20/h2-5,14H,6-13H2,1H3. The smallest absolute Gasteiger partial charge is 0.282 e. The molecule has 1 aromatic carbocycles. The summed E-state index contributed by atoms with van der Waals surface area (Å²) in [6.45, 7) is 6.13. The number of hydrogen-bond acceptors (Lipinski definition) is 4. The SMILES string of the molecule is CC(c1ccc(F)cc1)N1CCN(S(=O)(=O)N2CCOCC2)CC1. The van der Waals surface area contributed by atoms with Crippen LogP contribution in [0.3, 0.4) is 0 Å². The molecule has 134 valence electrons. The van der Waals surface area contributed by atoms with Crippen molar-refractivity contribution < 1.29 is 17.5 Å². The first-order chi connectivity index (χ1) is 11.5. The van der Waals surface area contributed by atoms with Crippen molar-refractivity contribution in [3.8, 4) is 0 Å². The van der Waals surface area contributed by atoms with Crippen LogP contribution in [0.25, 0.3) is 0 Å². The van der Waals surface area contributed by atoms with Crippen LogP contribution < -0.4 is 0 Å². The summed E-state index contributed by atoms with van der Waals surface area (Å²) < 4.78 is 46.7. The Labute approximate surface area is 143 Å². The fourth-order valence-corrected chi connectivity index (χ4v) is 4.78. The van der Waals surface area contributed by atoms with E-state index in [0.29, 0.717) is 52.5 Å². The number of nitrogens with zero attached hydrogens (tertiary/aromatic N) is 3. The molecule has 6 nitrogen and oxygen atoms in total. The highest BCUT2D eigenvalue weighted by Crippen LogP contribution is 2.23. The Morgan fingerprint density at radius 3 is 2.08 bits per heavy atom. The van der Waals surface area contributed by atoms with Crippen LogP contribution in [-0.4, -0.2) is 74.4 Å². The van der Waals surface area contributed by atoms with E-state index >= 15 is 0 Å². The second-order valence-corrected chi connectivity index (χ2v) is 8.11. The monoisotopic (exact) mass is 357 g/mol. The van der Waals surface area contributed by atoms with Crippen molar-refractivity contribution in [1.29, 1.82) is 0 Å². The molecule has 24 heavy (non-hydrogen) atoms. The summed E-state index contributed by atoms with van der Waals surface area (Å²) in [5, 5.41) is 0. The highest BCUT2D eigenvalue weighted by Gasteiger charge is 2.34. The molecular formula is C16H24FN3O3S. The highest BCUT2D eigenvalue weighted by molar-refractivity contribution is 7.86. The largest absolute Gasteiger partial charge is 0.379 e. The van der Waals surface area contributed by atoms with Crippen LogP contribution >= 0.6 is 0 Å². The minimum Gasteiger partial charge on any atom is -0.379 e. The topological polar surface area (TPSA) is 53.1 Å². The molecule has 1 atom stereocenters. The van der Waals surface area contributed by atoms with E-state index < -0.39 is 10.2 Å². The van der Waals surface area contributed by atoms with Gasteiger partial charge in [-0.25, -0.2) is 4.39 Å². The number of halogens is 1. The summed E-state index contributed by atoms with van der Waals surface area (Å²) in [5.74, 6) is -0.243. The molecule has 0 bridgehead atoms. The van der Waals surface area contributed by atoms with Gasteiger partial charge in [-0.15, -0.1) is 0 Å². The normalized spacial score (nSPS) is 23.2. The van der Waals surface area contributed by atoms with Crippen molar-refractivity contribution in [2.45, 2.75) is 13.0 Å². The molecule has 0 N–H and O–H groups in total. The molecule has 1 unspecified atom stereocenters. The molecule has 2 heterocycles. The molecule has 1 aromatic rings. The maximum atomic E-state index is 13.1. The highest BCUT2D eigenvalue weighted by atomic mass is 32.2. The molecule has 2 fully saturated rings.